The van der Waals surface area contributed by atoms with Crippen molar-refractivity contribution in [1.82, 2.24) is 0 Å². The van der Waals surface area contributed by atoms with Crippen LogP contribution in [0, 0.1) is 0 Å². The number of alkyl halides is 3. The van der Waals surface area contributed by atoms with E-state index in [2.05, 4.69) is 20.1 Å². The number of ether oxygens (including phenoxy) is 1. The van der Waals surface area contributed by atoms with Crippen LogP contribution >= 0.6 is 0 Å². The first-order chi connectivity index (χ1) is 6.87. The van der Waals surface area contributed by atoms with Crippen molar-refractivity contribution in [3.8, 4) is 11.5 Å². The van der Waals surface area contributed by atoms with Crippen LogP contribution in [0.2, 0.25) is 0 Å². The Bertz CT molecular complexity index is 389. The van der Waals surface area contributed by atoms with Gasteiger partial charge in [-0.05, 0) is 33.9 Å². The van der Waals surface area contributed by atoms with E-state index >= 15 is 0 Å². The predicted molar refractivity (Wildman–Crippen MR) is 49.2 cm³/mol. The van der Waals surface area contributed by atoms with Crippen molar-refractivity contribution in [3.63, 3.8) is 0 Å². The first-order valence-corrected chi connectivity index (χ1v) is 5.50. The molecule has 0 unspecified atom stereocenters. The zero-order chi connectivity index (χ0) is 11.5. The Hall–Kier alpha value is -1.02. The zero-order valence-electron chi connectivity index (χ0n) is 6.98. The van der Waals surface area contributed by atoms with Crippen molar-refractivity contribution >= 4 is 20.8 Å². The Kier molecular flexibility index (Phi) is 3.75. The number of halogens is 3. The molecule has 0 atom stereocenters. The summed E-state index contributed by atoms with van der Waals surface area (Å²) in [7, 11) is -1.92. The van der Waals surface area contributed by atoms with Gasteiger partial charge in [0.2, 0.25) is 0 Å². The van der Waals surface area contributed by atoms with Crippen LogP contribution in [-0.2, 0) is 25.0 Å². The molecule has 84 valence electrons. The van der Waals surface area contributed by atoms with E-state index < -0.39 is 16.0 Å². The molecule has 3 nitrogen and oxygen atoms in total. The van der Waals surface area contributed by atoms with Crippen LogP contribution < -0.4 is 8.92 Å². The van der Waals surface area contributed by atoms with Crippen molar-refractivity contribution in [1.29, 1.82) is 0 Å². The number of rotatable bonds is 3. The smallest absolute Gasteiger partial charge is 0.551 e. The quantitative estimate of drug-likeness (QED) is 0.778. The van der Waals surface area contributed by atoms with Gasteiger partial charge in [0.1, 0.15) is 11.5 Å². The average Bonchev–Trinajstić information content (AvgIpc) is 2.05. The van der Waals surface area contributed by atoms with Gasteiger partial charge in [0.05, 0.1) is 0 Å². The lowest BCUT2D eigenvalue weighted by molar-refractivity contribution is -0.274. The van der Waals surface area contributed by atoms with Gasteiger partial charge < -0.3 is 13.1 Å². The van der Waals surface area contributed by atoms with Crippen LogP contribution in [0.4, 0.5) is 13.2 Å². The fraction of sp³-hybridized carbons (Fsp3) is 0.143. The van der Waals surface area contributed by atoms with E-state index in [0.29, 0.717) is 0 Å². The molecule has 0 saturated carbocycles. The summed E-state index contributed by atoms with van der Waals surface area (Å²) < 4.78 is 53.8. The summed E-state index contributed by atoms with van der Waals surface area (Å²) in [6.45, 7) is 0. The molecule has 0 N–H and O–H groups in total. The monoisotopic (exact) mass is 257 g/mol. The molecule has 0 amide bonds. The summed E-state index contributed by atoms with van der Waals surface area (Å²) in [5.41, 5.74) is 0. The second kappa shape index (κ2) is 4.67. The third-order valence-corrected chi connectivity index (χ3v) is 1.75. The number of hydrogen-bond acceptors (Lipinski definition) is 5. The summed E-state index contributed by atoms with van der Waals surface area (Å²) in [5, 5.41) is 0. The summed E-state index contributed by atoms with van der Waals surface area (Å²) in [6, 6.07) is 4.41. The third-order valence-electron chi connectivity index (χ3n) is 1.22. The summed E-state index contributed by atoms with van der Waals surface area (Å²) in [6.07, 6.45) is -4.73. The Balaban J connectivity index is 2.72. The minimum absolute atomic E-state index is 0.109. The highest BCUT2D eigenvalue weighted by Gasteiger charge is 2.30. The fourth-order valence-electron chi connectivity index (χ4n) is 0.775. The lowest BCUT2D eigenvalue weighted by atomic mass is 10.3. The lowest BCUT2D eigenvalue weighted by Gasteiger charge is -2.10. The molecule has 1 aromatic rings. The second-order valence-corrected chi connectivity index (χ2v) is 3.70. The molecular weight excluding hydrogens is 253 g/mol. The molecule has 1 aromatic carbocycles. The SMILES string of the molecule is O=[S-](=S)Oc1ccc(OC(F)(F)F)cc1. The first kappa shape index (κ1) is 12.1. The predicted octanol–water partition coefficient (Wildman–Crippen LogP) is 2.30. The number of benzene rings is 1. The third kappa shape index (κ3) is 4.84. The van der Waals surface area contributed by atoms with Crippen LogP contribution in [0.5, 0.6) is 11.5 Å². The Labute approximate surface area is 89.7 Å². The Morgan fingerprint density at radius 1 is 1.13 bits per heavy atom. The van der Waals surface area contributed by atoms with E-state index in [0.717, 1.165) is 12.1 Å². The fourth-order valence-corrected chi connectivity index (χ4v) is 1.28. The van der Waals surface area contributed by atoms with Gasteiger partial charge in [-0.2, -0.15) is 11.2 Å². The van der Waals surface area contributed by atoms with Gasteiger partial charge in [0, 0.05) is 0 Å². The molecule has 0 bridgehead atoms. The van der Waals surface area contributed by atoms with Crippen LogP contribution in [0.1, 0.15) is 0 Å². The van der Waals surface area contributed by atoms with Gasteiger partial charge in [0.15, 0.2) is 0 Å². The molecule has 0 fully saturated rings. The van der Waals surface area contributed by atoms with E-state index in [9.17, 15) is 17.4 Å². The lowest BCUT2D eigenvalue weighted by Crippen LogP contribution is -2.16. The van der Waals surface area contributed by atoms with Crippen molar-refractivity contribution in [2.24, 2.45) is 0 Å². The van der Waals surface area contributed by atoms with E-state index in [1.165, 1.54) is 12.1 Å². The van der Waals surface area contributed by atoms with Crippen molar-refractivity contribution < 1.29 is 26.3 Å². The second-order valence-electron chi connectivity index (χ2n) is 2.31. The molecule has 1 rings (SSSR count). The maximum Gasteiger partial charge on any atom is 0.573 e. The number of hydrogen-bond donors (Lipinski definition) is 0. The van der Waals surface area contributed by atoms with Crippen LogP contribution in [0.3, 0.4) is 0 Å². The van der Waals surface area contributed by atoms with Gasteiger partial charge >= 0.3 is 6.36 Å². The van der Waals surface area contributed by atoms with Crippen molar-refractivity contribution in [3.05, 3.63) is 24.3 Å². The molecule has 0 spiro atoms. The minimum atomic E-state index is -4.73. The average molecular weight is 257 g/mol. The van der Waals surface area contributed by atoms with E-state index in [-0.39, 0.29) is 11.5 Å². The molecule has 0 heterocycles. The molecule has 0 aliphatic rings. The Morgan fingerprint density at radius 2 is 1.60 bits per heavy atom. The van der Waals surface area contributed by atoms with E-state index in [4.69, 9.17) is 0 Å². The summed E-state index contributed by atoms with van der Waals surface area (Å²) in [5.74, 6) is -0.275. The molecular formula is C7H4F3O3S2-. The standard InChI is InChI=1S/C7H4F3O3S2/c8-7(9,10)12-5-1-3-6(4-2-5)13-15(11)14/h1-4H/q-1. The maximum absolute atomic E-state index is 11.7. The highest BCUT2D eigenvalue weighted by atomic mass is 32.8. The van der Waals surface area contributed by atoms with Gasteiger partial charge in [0.25, 0.3) is 0 Å². The van der Waals surface area contributed by atoms with Crippen LogP contribution in [0.25, 0.3) is 0 Å². The highest BCUT2D eigenvalue weighted by Crippen LogP contribution is 2.24. The topological polar surface area (TPSA) is 35.5 Å². The van der Waals surface area contributed by atoms with Gasteiger partial charge in [-0.25, -0.2) is 0 Å². The summed E-state index contributed by atoms with van der Waals surface area (Å²) in [4.78, 5) is 0. The molecule has 0 radical (unpaired) electrons. The van der Waals surface area contributed by atoms with Gasteiger partial charge in [-0.1, -0.05) is 0 Å². The van der Waals surface area contributed by atoms with Crippen LogP contribution in [0.15, 0.2) is 24.3 Å². The molecule has 0 aliphatic heterocycles. The molecule has 0 aliphatic carbocycles. The van der Waals surface area contributed by atoms with Gasteiger partial charge in [-0.15, -0.1) is 13.2 Å². The van der Waals surface area contributed by atoms with Crippen LogP contribution in [-0.4, -0.2) is 6.36 Å². The zero-order valence-corrected chi connectivity index (χ0v) is 8.62. The Morgan fingerprint density at radius 3 is 2.00 bits per heavy atom. The molecule has 0 saturated heterocycles. The summed E-state index contributed by atoms with van der Waals surface area (Å²) >= 11 is 4.22. The van der Waals surface area contributed by atoms with E-state index in [1.807, 2.05) is 0 Å². The first-order valence-electron chi connectivity index (χ1n) is 3.50. The minimum Gasteiger partial charge on any atom is -0.551 e. The molecule has 15 heavy (non-hydrogen) atoms. The van der Waals surface area contributed by atoms with E-state index in [1.54, 1.807) is 0 Å². The van der Waals surface area contributed by atoms with Crippen molar-refractivity contribution in [2.45, 2.75) is 6.36 Å². The van der Waals surface area contributed by atoms with Gasteiger partial charge in [-0.3, -0.25) is 0 Å². The molecule has 0 aromatic heterocycles. The largest absolute Gasteiger partial charge is 0.573 e. The molecule has 8 heteroatoms. The highest BCUT2D eigenvalue weighted by molar-refractivity contribution is 8.19. The maximum atomic E-state index is 11.7. The normalized spacial score (nSPS) is 11.5. The van der Waals surface area contributed by atoms with Crippen molar-refractivity contribution in [2.75, 3.05) is 0 Å².